The number of amides is 1. The summed E-state index contributed by atoms with van der Waals surface area (Å²) in [6, 6.07) is 15.7. The van der Waals surface area contributed by atoms with Crippen molar-refractivity contribution < 1.29 is 38.0 Å². The van der Waals surface area contributed by atoms with Gasteiger partial charge in [0.15, 0.2) is 23.0 Å². The zero-order valence-electron chi connectivity index (χ0n) is 25.0. The molecule has 1 amide bonds. The van der Waals surface area contributed by atoms with E-state index < -0.39 is 11.5 Å². The molecule has 4 aromatic rings. The van der Waals surface area contributed by atoms with Crippen molar-refractivity contribution in [2.24, 2.45) is 0 Å². The van der Waals surface area contributed by atoms with Crippen molar-refractivity contribution in [3.8, 4) is 34.5 Å². The number of ether oxygens (including phenoxy) is 5. The average Bonchev–Trinajstić information content (AvgIpc) is 3.01. The smallest absolute Gasteiger partial charge is 0.343 e. The Labute approximate surface area is 250 Å². The number of aromatic hydroxyl groups is 1. The van der Waals surface area contributed by atoms with Crippen LogP contribution in [0.5, 0.6) is 34.5 Å². The first-order valence-electron chi connectivity index (χ1n) is 14.0. The first kappa shape index (κ1) is 31.1. The molecule has 0 fully saturated rings. The summed E-state index contributed by atoms with van der Waals surface area (Å²) >= 11 is 0. The number of hydrogen-bond acceptors (Lipinski definition) is 9. The number of rotatable bonds is 14. The number of para-hydroxylation sites is 1. The minimum absolute atomic E-state index is 0.0454. The van der Waals surface area contributed by atoms with Crippen LogP contribution in [0, 0.1) is 0 Å². The molecular formula is C33H37NO9. The molecule has 1 aromatic heterocycles. The molecule has 10 heteroatoms. The number of benzene rings is 3. The van der Waals surface area contributed by atoms with Gasteiger partial charge in [-0.05, 0) is 67.8 Å². The van der Waals surface area contributed by atoms with Crippen molar-refractivity contribution in [2.75, 3.05) is 41.1 Å². The van der Waals surface area contributed by atoms with E-state index in [0.717, 1.165) is 5.56 Å². The normalized spacial score (nSPS) is 11.6. The monoisotopic (exact) mass is 591 g/mol. The number of hydrogen-bond donors (Lipinski definition) is 2. The van der Waals surface area contributed by atoms with Crippen molar-refractivity contribution in [1.82, 2.24) is 5.32 Å². The molecule has 0 aliphatic rings. The molecule has 0 aliphatic heterocycles. The Morgan fingerprint density at radius 3 is 2.21 bits per heavy atom. The van der Waals surface area contributed by atoms with Gasteiger partial charge in [0.2, 0.25) is 11.7 Å². The maximum atomic E-state index is 13.4. The van der Waals surface area contributed by atoms with Crippen LogP contribution in [0.4, 0.5) is 0 Å². The summed E-state index contributed by atoms with van der Waals surface area (Å²) in [4.78, 5) is 26.6. The Morgan fingerprint density at radius 2 is 1.56 bits per heavy atom. The molecule has 2 N–H and O–H groups in total. The van der Waals surface area contributed by atoms with Gasteiger partial charge in [-0.25, -0.2) is 4.79 Å². The van der Waals surface area contributed by atoms with Crippen LogP contribution in [0.1, 0.15) is 42.9 Å². The van der Waals surface area contributed by atoms with Crippen molar-refractivity contribution >= 4 is 16.9 Å². The molecule has 43 heavy (non-hydrogen) atoms. The quantitative estimate of drug-likeness (QED) is 0.190. The van der Waals surface area contributed by atoms with Crippen LogP contribution in [0.15, 0.2) is 63.8 Å². The fraction of sp³-hybridized carbons (Fsp3) is 0.333. The van der Waals surface area contributed by atoms with Crippen molar-refractivity contribution in [3.63, 3.8) is 0 Å². The van der Waals surface area contributed by atoms with Crippen LogP contribution in [0.25, 0.3) is 11.0 Å². The van der Waals surface area contributed by atoms with Gasteiger partial charge in [0.05, 0.1) is 45.5 Å². The second kappa shape index (κ2) is 14.4. The van der Waals surface area contributed by atoms with Crippen LogP contribution in [0.2, 0.25) is 0 Å². The van der Waals surface area contributed by atoms with Crippen LogP contribution in [0.3, 0.4) is 0 Å². The SMILES string of the molecule is CCOc1ccc(CCNC(=O)CC(c2cc(OC)c(OC)c(OC)c2)c2c(O)c3ccccc3oc2=O)cc1OCC. The molecule has 0 radical (unpaired) electrons. The van der Waals surface area contributed by atoms with Gasteiger partial charge in [-0.1, -0.05) is 18.2 Å². The summed E-state index contributed by atoms with van der Waals surface area (Å²) in [6.07, 6.45) is 0.374. The van der Waals surface area contributed by atoms with Gasteiger partial charge in [-0.15, -0.1) is 0 Å². The standard InChI is InChI=1S/C33H37NO9/c1-6-41-25-13-12-20(16-26(25)42-7-2)14-15-34-29(35)19-23(21-17-27(38-3)32(40-5)28(18-21)39-4)30-31(36)22-10-8-9-11-24(22)43-33(30)37/h8-13,16-18,23,36H,6-7,14-15,19H2,1-5H3,(H,34,35). The van der Waals surface area contributed by atoms with Gasteiger partial charge in [-0.2, -0.15) is 0 Å². The molecule has 3 aromatic carbocycles. The molecule has 1 unspecified atom stereocenters. The topological polar surface area (TPSA) is 126 Å². The molecule has 4 rings (SSSR count). The van der Waals surface area contributed by atoms with E-state index in [0.29, 0.717) is 65.9 Å². The Hall–Kier alpha value is -4.86. The lowest BCUT2D eigenvalue weighted by Gasteiger charge is -2.21. The number of carbonyl (C=O) groups excluding carboxylic acids is 1. The Kier molecular flexibility index (Phi) is 10.4. The molecule has 0 spiro atoms. The van der Waals surface area contributed by atoms with Crippen molar-refractivity contribution in [2.45, 2.75) is 32.6 Å². The highest BCUT2D eigenvalue weighted by atomic mass is 16.5. The van der Waals surface area contributed by atoms with Gasteiger partial charge in [0, 0.05) is 18.9 Å². The third-order valence-electron chi connectivity index (χ3n) is 6.99. The molecule has 0 aliphatic carbocycles. The summed E-state index contributed by atoms with van der Waals surface area (Å²) in [5, 5.41) is 14.6. The zero-order chi connectivity index (χ0) is 30.9. The predicted octanol–water partition coefficient (Wildman–Crippen LogP) is 5.20. The largest absolute Gasteiger partial charge is 0.507 e. The lowest BCUT2D eigenvalue weighted by Crippen LogP contribution is -2.28. The summed E-state index contributed by atoms with van der Waals surface area (Å²) in [7, 11) is 4.43. The second-order valence-corrected chi connectivity index (χ2v) is 9.61. The highest BCUT2D eigenvalue weighted by Crippen LogP contribution is 2.43. The molecule has 10 nitrogen and oxygen atoms in total. The molecule has 228 valence electrons. The van der Waals surface area contributed by atoms with Crippen LogP contribution >= 0.6 is 0 Å². The van der Waals surface area contributed by atoms with Crippen LogP contribution < -0.4 is 34.6 Å². The van der Waals surface area contributed by atoms with E-state index in [9.17, 15) is 14.7 Å². The van der Waals surface area contributed by atoms with E-state index in [4.69, 9.17) is 28.1 Å². The Morgan fingerprint density at radius 1 is 0.884 bits per heavy atom. The maximum Gasteiger partial charge on any atom is 0.343 e. The summed E-state index contributed by atoms with van der Waals surface area (Å²) < 4.78 is 33.4. The maximum absolute atomic E-state index is 13.4. The molecule has 1 heterocycles. The minimum atomic E-state index is -0.899. The number of methoxy groups -OCH3 is 3. The lowest BCUT2D eigenvalue weighted by atomic mass is 9.87. The lowest BCUT2D eigenvalue weighted by molar-refractivity contribution is -0.121. The van der Waals surface area contributed by atoms with E-state index >= 15 is 0 Å². The zero-order valence-corrected chi connectivity index (χ0v) is 25.0. The second-order valence-electron chi connectivity index (χ2n) is 9.61. The number of carbonyl (C=O) groups is 1. The summed E-state index contributed by atoms with van der Waals surface area (Å²) in [5.41, 5.74) is 0.900. The number of fused-ring (bicyclic) bond motifs is 1. The fourth-order valence-electron chi connectivity index (χ4n) is 5.00. The Balaban J connectivity index is 1.65. The fourth-order valence-corrected chi connectivity index (χ4v) is 5.00. The molecule has 0 saturated heterocycles. The van der Waals surface area contributed by atoms with E-state index in [1.165, 1.54) is 21.3 Å². The van der Waals surface area contributed by atoms with Gasteiger partial charge in [0.1, 0.15) is 11.3 Å². The van der Waals surface area contributed by atoms with Gasteiger partial charge in [-0.3, -0.25) is 4.79 Å². The summed E-state index contributed by atoms with van der Waals surface area (Å²) in [5.74, 6) is 0.865. The highest BCUT2D eigenvalue weighted by Gasteiger charge is 2.29. The van der Waals surface area contributed by atoms with E-state index in [1.54, 1.807) is 36.4 Å². The molecule has 1 atom stereocenters. The van der Waals surface area contributed by atoms with Crippen LogP contribution in [-0.2, 0) is 11.2 Å². The third-order valence-corrected chi connectivity index (χ3v) is 6.99. The van der Waals surface area contributed by atoms with E-state index in [-0.39, 0.29) is 29.2 Å². The first-order chi connectivity index (χ1) is 20.8. The van der Waals surface area contributed by atoms with Crippen molar-refractivity contribution in [3.05, 3.63) is 81.7 Å². The average molecular weight is 592 g/mol. The minimum Gasteiger partial charge on any atom is -0.507 e. The number of nitrogens with one attached hydrogen (secondary N) is 1. The third kappa shape index (κ3) is 6.97. The first-order valence-corrected chi connectivity index (χ1v) is 14.0. The van der Waals surface area contributed by atoms with E-state index in [2.05, 4.69) is 5.32 Å². The van der Waals surface area contributed by atoms with Gasteiger partial charge < -0.3 is 38.5 Å². The van der Waals surface area contributed by atoms with Crippen molar-refractivity contribution in [1.29, 1.82) is 0 Å². The van der Waals surface area contributed by atoms with E-state index in [1.807, 2.05) is 32.0 Å². The highest BCUT2D eigenvalue weighted by molar-refractivity contribution is 5.85. The molecule has 0 saturated carbocycles. The molecular weight excluding hydrogens is 554 g/mol. The van der Waals surface area contributed by atoms with Gasteiger partial charge in [0.25, 0.3) is 0 Å². The Bertz CT molecular complexity index is 1600. The van der Waals surface area contributed by atoms with Crippen LogP contribution in [-0.4, -0.2) is 52.1 Å². The predicted molar refractivity (Wildman–Crippen MR) is 162 cm³/mol. The summed E-state index contributed by atoms with van der Waals surface area (Å²) in [6.45, 7) is 5.16. The van der Waals surface area contributed by atoms with Gasteiger partial charge >= 0.3 is 5.63 Å². The molecule has 0 bridgehead atoms.